The minimum Gasteiger partial charge on any atom is -0.399 e. The minimum absolute atomic E-state index is 0.0525. The molecule has 0 unspecified atom stereocenters. The van der Waals surface area contributed by atoms with Crippen LogP contribution < -0.4 is 16.0 Å². The van der Waals surface area contributed by atoms with Crippen LogP contribution in [-0.4, -0.2) is 18.4 Å². The van der Waals surface area contributed by atoms with Crippen molar-refractivity contribution in [1.29, 1.82) is 0 Å². The standard InChI is InChI=1S/C19H21N3O2/c20-17-5-2-1-4-14(17)7-12-18(23)21-15-8-10-16(11-9-15)22-13-3-6-19(22)24/h1-2,4-5,8-11H,3,6-7,12-13,20H2,(H,21,23). The van der Waals surface area contributed by atoms with E-state index in [1.54, 1.807) is 4.90 Å². The van der Waals surface area contributed by atoms with Crippen LogP contribution in [-0.2, 0) is 16.0 Å². The molecule has 5 nitrogen and oxygen atoms in total. The van der Waals surface area contributed by atoms with Gasteiger partial charge >= 0.3 is 0 Å². The van der Waals surface area contributed by atoms with E-state index in [4.69, 9.17) is 5.73 Å². The number of carbonyl (C=O) groups excluding carboxylic acids is 2. The van der Waals surface area contributed by atoms with Crippen molar-refractivity contribution < 1.29 is 9.59 Å². The van der Waals surface area contributed by atoms with Gasteiger partial charge in [0.1, 0.15) is 0 Å². The Labute approximate surface area is 141 Å². The summed E-state index contributed by atoms with van der Waals surface area (Å²) < 4.78 is 0. The van der Waals surface area contributed by atoms with Gasteiger partial charge in [-0.2, -0.15) is 0 Å². The number of hydrogen-bond acceptors (Lipinski definition) is 3. The highest BCUT2D eigenvalue weighted by molar-refractivity contribution is 5.96. The summed E-state index contributed by atoms with van der Waals surface area (Å²) >= 11 is 0. The summed E-state index contributed by atoms with van der Waals surface area (Å²) in [6.45, 7) is 0.767. The Balaban J connectivity index is 1.55. The van der Waals surface area contributed by atoms with Crippen molar-refractivity contribution in [2.24, 2.45) is 0 Å². The first-order valence-corrected chi connectivity index (χ1v) is 8.17. The van der Waals surface area contributed by atoms with Crippen LogP contribution in [0.5, 0.6) is 0 Å². The second-order valence-corrected chi connectivity index (χ2v) is 5.94. The number of carbonyl (C=O) groups is 2. The van der Waals surface area contributed by atoms with E-state index < -0.39 is 0 Å². The average molecular weight is 323 g/mol. The lowest BCUT2D eigenvalue weighted by molar-refractivity contribution is -0.117. The van der Waals surface area contributed by atoms with Crippen molar-refractivity contribution in [3.63, 3.8) is 0 Å². The number of nitrogen functional groups attached to an aromatic ring is 1. The Morgan fingerprint density at radius 2 is 1.88 bits per heavy atom. The second kappa shape index (κ2) is 7.17. The molecule has 0 bridgehead atoms. The molecular formula is C19H21N3O2. The van der Waals surface area contributed by atoms with Crippen molar-refractivity contribution in [2.75, 3.05) is 22.5 Å². The molecule has 2 amide bonds. The topological polar surface area (TPSA) is 75.4 Å². The van der Waals surface area contributed by atoms with E-state index in [0.717, 1.165) is 29.9 Å². The van der Waals surface area contributed by atoms with Crippen LogP contribution in [0, 0.1) is 0 Å². The number of hydrogen-bond donors (Lipinski definition) is 2. The number of anilines is 3. The molecule has 1 saturated heterocycles. The zero-order chi connectivity index (χ0) is 16.9. The highest BCUT2D eigenvalue weighted by Crippen LogP contribution is 2.23. The van der Waals surface area contributed by atoms with Gasteiger partial charge in [-0.15, -0.1) is 0 Å². The van der Waals surface area contributed by atoms with E-state index in [-0.39, 0.29) is 11.8 Å². The summed E-state index contributed by atoms with van der Waals surface area (Å²) in [5.74, 6) is 0.107. The Bertz CT molecular complexity index is 741. The van der Waals surface area contributed by atoms with Gasteiger partial charge in [0.15, 0.2) is 0 Å². The molecule has 1 aliphatic rings. The molecule has 0 aromatic heterocycles. The van der Waals surface area contributed by atoms with Gasteiger partial charge in [-0.3, -0.25) is 9.59 Å². The van der Waals surface area contributed by atoms with Gasteiger partial charge in [-0.1, -0.05) is 18.2 Å². The summed E-state index contributed by atoms with van der Waals surface area (Å²) in [4.78, 5) is 25.6. The monoisotopic (exact) mass is 323 g/mol. The summed E-state index contributed by atoms with van der Waals surface area (Å²) in [5.41, 5.74) is 9.19. The zero-order valence-corrected chi connectivity index (χ0v) is 13.5. The molecule has 2 aromatic rings. The largest absolute Gasteiger partial charge is 0.399 e. The molecule has 0 aliphatic carbocycles. The lowest BCUT2D eigenvalue weighted by atomic mass is 10.1. The molecule has 0 atom stereocenters. The molecule has 124 valence electrons. The van der Waals surface area contributed by atoms with Crippen LogP contribution in [0.2, 0.25) is 0 Å². The predicted octanol–water partition coefficient (Wildman–Crippen LogP) is 2.97. The van der Waals surface area contributed by atoms with E-state index in [2.05, 4.69) is 5.32 Å². The molecule has 3 rings (SSSR count). The molecule has 0 radical (unpaired) electrons. The van der Waals surface area contributed by atoms with Gasteiger partial charge < -0.3 is 16.0 Å². The Morgan fingerprint density at radius 1 is 1.12 bits per heavy atom. The van der Waals surface area contributed by atoms with Crippen LogP contribution in [0.1, 0.15) is 24.8 Å². The number of rotatable bonds is 5. The maximum Gasteiger partial charge on any atom is 0.227 e. The number of benzene rings is 2. The van der Waals surface area contributed by atoms with Crippen LogP contribution >= 0.6 is 0 Å². The molecule has 2 aromatic carbocycles. The number of amides is 2. The first-order valence-electron chi connectivity index (χ1n) is 8.17. The lowest BCUT2D eigenvalue weighted by Gasteiger charge is -2.16. The minimum atomic E-state index is -0.0525. The van der Waals surface area contributed by atoms with Gasteiger partial charge in [-0.05, 0) is 48.7 Å². The van der Waals surface area contributed by atoms with Crippen molar-refractivity contribution in [1.82, 2.24) is 0 Å². The summed E-state index contributed by atoms with van der Waals surface area (Å²) in [5, 5.41) is 2.88. The van der Waals surface area contributed by atoms with E-state index in [1.165, 1.54) is 0 Å². The quantitative estimate of drug-likeness (QED) is 0.831. The fraction of sp³-hybridized carbons (Fsp3) is 0.263. The molecule has 3 N–H and O–H groups in total. The number of nitrogens with two attached hydrogens (primary N) is 1. The smallest absolute Gasteiger partial charge is 0.227 e. The third-order valence-electron chi connectivity index (χ3n) is 4.21. The van der Waals surface area contributed by atoms with E-state index in [0.29, 0.717) is 24.9 Å². The summed E-state index contributed by atoms with van der Waals surface area (Å²) in [6.07, 6.45) is 2.50. The fourth-order valence-electron chi connectivity index (χ4n) is 2.88. The van der Waals surface area contributed by atoms with Gasteiger partial charge in [0.05, 0.1) is 0 Å². The molecule has 1 heterocycles. The molecule has 1 fully saturated rings. The fourth-order valence-corrected chi connectivity index (χ4v) is 2.88. The van der Waals surface area contributed by atoms with Gasteiger partial charge in [0.25, 0.3) is 0 Å². The van der Waals surface area contributed by atoms with Crippen molar-refractivity contribution in [3.05, 3.63) is 54.1 Å². The second-order valence-electron chi connectivity index (χ2n) is 5.94. The number of nitrogens with zero attached hydrogens (tertiary/aromatic N) is 1. The number of aryl methyl sites for hydroxylation is 1. The first-order chi connectivity index (χ1) is 11.6. The van der Waals surface area contributed by atoms with Crippen LogP contribution in [0.15, 0.2) is 48.5 Å². The van der Waals surface area contributed by atoms with Gasteiger partial charge in [0, 0.05) is 36.4 Å². The Morgan fingerprint density at radius 3 is 2.54 bits per heavy atom. The van der Waals surface area contributed by atoms with E-state index in [9.17, 15) is 9.59 Å². The zero-order valence-electron chi connectivity index (χ0n) is 13.5. The van der Waals surface area contributed by atoms with Crippen molar-refractivity contribution in [3.8, 4) is 0 Å². The van der Waals surface area contributed by atoms with Crippen molar-refractivity contribution >= 4 is 28.9 Å². The maximum absolute atomic E-state index is 12.1. The predicted molar refractivity (Wildman–Crippen MR) is 95.8 cm³/mol. The maximum atomic E-state index is 12.1. The summed E-state index contributed by atoms with van der Waals surface area (Å²) in [6, 6.07) is 15.0. The summed E-state index contributed by atoms with van der Waals surface area (Å²) in [7, 11) is 0. The Hall–Kier alpha value is -2.82. The lowest BCUT2D eigenvalue weighted by Crippen LogP contribution is -2.23. The third-order valence-corrected chi connectivity index (χ3v) is 4.21. The molecule has 1 aliphatic heterocycles. The van der Waals surface area contributed by atoms with Crippen molar-refractivity contribution in [2.45, 2.75) is 25.7 Å². The van der Waals surface area contributed by atoms with Gasteiger partial charge in [0.2, 0.25) is 11.8 Å². The third kappa shape index (κ3) is 3.74. The highest BCUT2D eigenvalue weighted by atomic mass is 16.2. The van der Waals surface area contributed by atoms with E-state index in [1.807, 2.05) is 48.5 Å². The first kappa shape index (κ1) is 16.1. The molecule has 0 spiro atoms. The van der Waals surface area contributed by atoms with Crippen LogP contribution in [0.25, 0.3) is 0 Å². The molecule has 24 heavy (non-hydrogen) atoms. The normalized spacial score (nSPS) is 14.0. The average Bonchev–Trinajstić information content (AvgIpc) is 3.01. The number of para-hydroxylation sites is 1. The highest BCUT2D eigenvalue weighted by Gasteiger charge is 2.21. The van der Waals surface area contributed by atoms with Crippen LogP contribution in [0.3, 0.4) is 0 Å². The molecular weight excluding hydrogens is 302 g/mol. The SMILES string of the molecule is Nc1ccccc1CCC(=O)Nc1ccc(N2CCCC2=O)cc1. The number of nitrogens with one attached hydrogen (secondary N) is 1. The molecule has 5 heteroatoms. The Kier molecular flexibility index (Phi) is 4.79. The van der Waals surface area contributed by atoms with Crippen LogP contribution in [0.4, 0.5) is 17.1 Å². The van der Waals surface area contributed by atoms with E-state index >= 15 is 0 Å². The molecule has 0 saturated carbocycles. The van der Waals surface area contributed by atoms with Gasteiger partial charge in [-0.25, -0.2) is 0 Å².